The number of amides is 1. The average molecular weight is 1380 g/mol. The number of hydrogen-bond acceptors (Lipinski definition) is 18. The van der Waals surface area contributed by atoms with Crippen molar-refractivity contribution >= 4 is 5.91 Å². The summed E-state index contributed by atoms with van der Waals surface area (Å²) in [6.45, 7) is 1.66. The molecule has 0 aliphatic carbocycles. The van der Waals surface area contributed by atoms with E-state index < -0.39 is 124 Å². The number of aliphatic hydroxyl groups is 11. The standard InChI is InChI=1S/C78H139NO18/c1-3-5-7-9-11-13-15-17-18-19-20-21-22-23-24-25-26-27-28-29-30-31-32-33-34-35-36-37-38-39-40-41-42-44-46-48-50-52-54-56-66(84)79-61(62(83)55-53-51-49-47-45-43-16-14-12-10-8-6-4-2)60-92-76-72(90)69(87)74(64(58-81)94-76)97-78-73(91)70(88)75(65(59-82)95-78)96-77-71(89)68(86)67(85)63(57-80)93-77/h12,14-15,17,19-20,22-23,45,47,53,55,61-65,67-78,80-83,85-91H,3-11,13,16,18,21,24-44,46,48-52,54,56-60H2,1-2H3,(H,79,84)/b14-12+,17-15-,20-19-,23-22-,47-45+,55-53+. The van der Waals surface area contributed by atoms with Crippen LogP contribution in [0.1, 0.15) is 284 Å². The average Bonchev–Trinajstić information content (AvgIpc) is 0.792. The van der Waals surface area contributed by atoms with Crippen LogP contribution in [0.15, 0.2) is 72.9 Å². The Hall–Kier alpha value is -2.77. The van der Waals surface area contributed by atoms with E-state index in [-0.39, 0.29) is 18.9 Å². The van der Waals surface area contributed by atoms with Crippen LogP contribution in [-0.2, 0) is 33.2 Å². The first-order valence-corrected chi connectivity index (χ1v) is 38.7. The molecular formula is C78H139NO18. The minimum Gasteiger partial charge on any atom is -0.394 e. The Kier molecular flexibility index (Phi) is 53.5. The number of aliphatic hydroxyl groups excluding tert-OH is 11. The molecule has 1 amide bonds. The summed E-state index contributed by atoms with van der Waals surface area (Å²) < 4.78 is 34.3. The molecule has 0 bridgehead atoms. The predicted molar refractivity (Wildman–Crippen MR) is 383 cm³/mol. The van der Waals surface area contributed by atoms with E-state index in [1.165, 1.54) is 193 Å². The van der Waals surface area contributed by atoms with Gasteiger partial charge in [-0.2, -0.15) is 0 Å². The summed E-state index contributed by atoms with van der Waals surface area (Å²) in [4.78, 5) is 13.4. The minimum absolute atomic E-state index is 0.233. The Morgan fingerprint density at radius 3 is 1.12 bits per heavy atom. The molecule has 3 aliphatic heterocycles. The van der Waals surface area contributed by atoms with Crippen LogP contribution < -0.4 is 5.32 Å². The second-order valence-electron chi connectivity index (χ2n) is 27.4. The first-order valence-electron chi connectivity index (χ1n) is 38.7. The molecule has 3 fully saturated rings. The van der Waals surface area contributed by atoms with Crippen molar-refractivity contribution in [3.05, 3.63) is 72.9 Å². The van der Waals surface area contributed by atoms with Crippen LogP contribution in [0, 0.1) is 0 Å². The molecule has 17 unspecified atom stereocenters. The lowest BCUT2D eigenvalue weighted by Crippen LogP contribution is -2.66. The second kappa shape index (κ2) is 58.7. The van der Waals surface area contributed by atoms with Crippen molar-refractivity contribution in [2.45, 2.75) is 388 Å². The lowest BCUT2D eigenvalue weighted by Gasteiger charge is -2.48. The largest absolute Gasteiger partial charge is 0.394 e. The molecule has 17 atom stereocenters. The quantitative estimate of drug-likeness (QED) is 0.0199. The van der Waals surface area contributed by atoms with Gasteiger partial charge in [0.15, 0.2) is 18.9 Å². The summed E-state index contributed by atoms with van der Waals surface area (Å²) in [7, 11) is 0. The molecule has 3 aliphatic rings. The number of nitrogens with one attached hydrogen (secondary N) is 1. The fourth-order valence-corrected chi connectivity index (χ4v) is 12.7. The van der Waals surface area contributed by atoms with Crippen LogP contribution >= 0.6 is 0 Å². The molecule has 0 radical (unpaired) electrons. The van der Waals surface area contributed by atoms with E-state index in [1.54, 1.807) is 6.08 Å². The highest BCUT2D eigenvalue weighted by atomic mass is 16.8. The first-order chi connectivity index (χ1) is 47.3. The molecule has 564 valence electrons. The predicted octanol–water partition coefficient (Wildman–Crippen LogP) is 12.1. The lowest BCUT2D eigenvalue weighted by atomic mass is 9.96. The van der Waals surface area contributed by atoms with Gasteiger partial charge < -0.3 is 89.9 Å². The van der Waals surface area contributed by atoms with E-state index in [9.17, 15) is 61.0 Å². The van der Waals surface area contributed by atoms with Gasteiger partial charge in [-0.05, 0) is 83.5 Å². The van der Waals surface area contributed by atoms with Crippen molar-refractivity contribution < 1.29 is 89.4 Å². The highest BCUT2D eigenvalue weighted by Crippen LogP contribution is 2.33. The maximum absolute atomic E-state index is 13.4. The fraction of sp³-hybridized carbons (Fsp3) is 0.833. The Morgan fingerprint density at radius 1 is 0.371 bits per heavy atom. The van der Waals surface area contributed by atoms with E-state index in [1.807, 2.05) is 6.08 Å². The van der Waals surface area contributed by atoms with Gasteiger partial charge in [0, 0.05) is 6.42 Å². The van der Waals surface area contributed by atoms with E-state index in [2.05, 4.69) is 79.9 Å². The second-order valence-corrected chi connectivity index (χ2v) is 27.4. The van der Waals surface area contributed by atoms with Crippen LogP contribution in [0.5, 0.6) is 0 Å². The topological polar surface area (TPSA) is 307 Å². The lowest BCUT2D eigenvalue weighted by molar-refractivity contribution is -0.379. The molecular weight excluding hydrogens is 1240 g/mol. The van der Waals surface area contributed by atoms with Crippen LogP contribution in [0.25, 0.3) is 0 Å². The maximum atomic E-state index is 13.4. The van der Waals surface area contributed by atoms with Crippen LogP contribution in [-0.4, -0.2) is 193 Å². The van der Waals surface area contributed by atoms with Crippen molar-refractivity contribution in [1.29, 1.82) is 0 Å². The zero-order valence-corrected chi connectivity index (χ0v) is 60.0. The summed E-state index contributed by atoms with van der Waals surface area (Å²) in [6, 6.07) is -0.997. The molecule has 97 heavy (non-hydrogen) atoms. The number of carbonyl (C=O) groups is 1. The maximum Gasteiger partial charge on any atom is 0.220 e. The summed E-state index contributed by atoms with van der Waals surface area (Å²) in [5.74, 6) is -0.288. The highest BCUT2D eigenvalue weighted by molar-refractivity contribution is 5.76. The molecule has 3 rings (SSSR count). The molecule has 0 saturated carbocycles. The molecule has 0 aromatic heterocycles. The van der Waals surface area contributed by atoms with E-state index >= 15 is 0 Å². The molecule has 0 spiro atoms. The fourth-order valence-electron chi connectivity index (χ4n) is 12.7. The van der Waals surface area contributed by atoms with Crippen molar-refractivity contribution in [3.63, 3.8) is 0 Å². The SMILES string of the molecule is CCCCC/C=C/CC/C=C/CC/C=C/C(O)C(COC1OC(CO)C(OC2OC(CO)C(OC3OC(CO)C(O)C(O)C3O)C(O)C2O)C(O)C1O)NC(=O)CCCCCCCCCCCCCCCCCCCCCCCCCC/C=C\C/C=C\C/C=C\CCCCCCC. The van der Waals surface area contributed by atoms with Gasteiger partial charge in [-0.3, -0.25) is 4.79 Å². The van der Waals surface area contributed by atoms with Crippen LogP contribution in [0.3, 0.4) is 0 Å². The zero-order chi connectivity index (χ0) is 70.4. The van der Waals surface area contributed by atoms with Crippen molar-refractivity contribution in [2.24, 2.45) is 0 Å². The third-order valence-electron chi connectivity index (χ3n) is 19.0. The molecule has 3 saturated heterocycles. The first kappa shape index (κ1) is 88.4. The number of unbranched alkanes of at least 4 members (excludes halogenated alkanes) is 34. The Bertz CT molecular complexity index is 2040. The number of carbonyl (C=O) groups excluding carboxylic acids is 1. The number of ether oxygens (including phenoxy) is 6. The Balaban J connectivity index is 1.29. The van der Waals surface area contributed by atoms with E-state index in [0.717, 1.165) is 57.8 Å². The van der Waals surface area contributed by atoms with Gasteiger partial charge in [0.2, 0.25) is 5.91 Å². The van der Waals surface area contributed by atoms with Crippen molar-refractivity contribution in [2.75, 3.05) is 26.4 Å². The van der Waals surface area contributed by atoms with Gasteiger partial charge in [0.25, 0.3) is 0 Å². The van der Waals surface area contributed by atoms with Gasteiger partial charge in [-0.25, -0.2) is 0 Å². The van der Waals surface area contributed by atoms with Crippen molar-refractivity contribution in [3.8, 4) is 0 Å². The molecule has 19 nitrogen and oxygen atoms in total. The van der Waals surface area contributed by atoms with Gasteiger partial charge in [-0.1, -0.05) is 267 Å². The number of allylic oxidation sites excluding steroid dienone is 11. The third-order valence-corrected chi connectivity index (χ3v) is 19.0. The monoisotopic (exact) mass is 1380 g/mol. The summed E-state index contributed by atoms with van der Waals surface area (Å²) in [5, 5.41) is 120. The molecule has 0 aromatic carbocycles. The minimum atomic E-state index is -1.98. The highest BCUT2D eigenvalue weighted by Gasteiger charge is 2.53. The molecule has 12 N–H and O–H groups in total. The summed E-state index contributed by atoms with van der Waals surface area (Å²) in [5.41, 5.74) is 0. The van der Waals surface area contributed by atoms with Gasteiger partial charge in [-0.15, -0.1) is 0 Å². The number of hydrogen-bond donors (Lipinski definition) is 12. The van der Waals surface area contributed by atoms with Gasteiger partial charge >= 0.3 is 0 Å². The van der Waals surface area contributed by atoms with Crippen molar-refractivity contribution in [1.82, 2.24) is 5.32 Å². The Morgan fingerprint density at radius 2 is 0.691 bits per heavy atom. The zero-order valence-electron chi connectivity index (χ0n) is 60.0. The molecule has 19 heteroatoms. The molecule has 0 aromatic rings. The third kappa shape index (κ3) is 39.5. The van der Waals surface area contributed by atoms with Gasteiger partial charge in [0.05, 0.1) is 38.6 Å². The number of rotatable bonds is 60. The van der Waals surface area contributed by atoms with Crippen LogP contribution in [0.4, 0.5) is 0 Å². The van der Waals surface area contributed by atoms with Gasteiger partial charge in [0.1, 0.15) is 73.2 Å². The van der Waals surface area contributed by atoms with E-state index in [0.29, 0.717) is 12.8 Å². The summed E-state index contributed by atoms with van der Waals surface area (Å²) >= 11 is 0. The normalized spacial score (nSPS) is 27.3. The van der Waals surface area contributed by atoms with E-state index in [4.69, 9.17) is 28.4 Å². The Labute approximate surface area is 585 Å². The van der Waals surface area contributed by atoms with Crippen LogP contribution in [0.2, 0.25) is 0 Å². The molecule has 3 heterocycles. The summed E-state index contributed by atoms with van der Waals surface area (Å²) in [6.07, 6.45) is 49.3. The smallest absolute Gasteiger partial charge is 0.220 e.